The number of unbranched alkanes of at least 4 members (excludes halogenated alkanes) is 1. The molecule has 2 nitrogen and oxygen atoms in total. The lowest BCUT2D eigenvalue weighted by atomic mass is 10.0. The number of hydrogen-bond donors (Lipinski definition) is 0. The van der Waals surface area contributed by atoms with Gasteiger partial charge in [-0.25, -0.2) is 0 Å². The largest absolute Gasteiger partial charge is 0.466 e. The van der Waals surface area contributed by atoms with Gasteiger partial charge in [0, 0.05) is 6.42 Å². The zero-order valence-electron chi connectivity index (χ0n) is 10.3. The van der Waals surface area contributed by atoms with Crippen LogP contribution in [0.5, 0.6) is 0 Å². The molecule has 0 aliphatic heterocycles. The third-order valence-corrected chi connectivity index (χ3v) is 2.29. The van der Waals surface area contributed by atoms with Gasteiger partial charge in [-0.2, -0.15) is 0 Å². The third kappa shape index (κ3) is 9.51. The first-order valence-corrected chi connectivity index (χ1v) is 6.01. The lowest BCUT2D eigenvalue weighted by molar-refractivity contribution is -0.144. The molecule has 0 spiro atoms. The highest BCUT2D eigenvalue weighted by Gasteiger charge is 2.08. The van der Waals surface area contributed by atoms with E-state index in [2.05, 4.69) is 26.0 Å². The smallest absolute Gasteiger partial charge is 0.306 e. The van der Waals surface area contributed by atoms with E-state index in [1.807, 2.05) is 6.92 Å². The number of rotatable bonds is 8. The number of carbonyl (C=O) groups is 1. The van der Waals surface area contributed by atoms with Gasteiger partial charge in [0.25, 0.3) is 0 Å². The van der Waals surface area contributed by atoms with Gasteiger partial charge in [0.05, 0.1) is 6.61 Å². The quantitative estimate of drug-likeness (QED) is 0.348. The molecule has 0 N–H and O–H groups in total. The van der Waals surface area contributed by atoms with Gasteiger partial charge < -0.3 is 4.74 Å². The molecule has 0 bridgehead atoms. The van der Waals surface area contributed by atoms with Crippen LogP contribution in [-0.4, -0.2) is 12.6 Å². The van der Waals surface area contributed by atoms with Gasteiger partial charge in [0.1, 0.15) is 0 Å². The van der Waals surface area contributed by atoms with Crippen LogP contribution < -0.4 is 0 Å². The highest BCUT2D eigenvalue weighted by atomic mass is 16.5. The third-order valence-electron chi connectivity index (χ3n) is 2.29. The first kappa shape index (κ1) is 14.2. The van der Waals surface area contributed by atoms with Crippen molar-refractivity contribution in [2.75, 3.05) is 6.61 Å². The minimum Gasteiger partial charge on any atom is -0.466 e. The van der Waals surface area contributed by atoms with E-state index in [9.17, 15) is 4.79 Å². The van der Waals surface area contributed by atoms with E-state index in [-0.39, 0.29) is 5.97 Å². The summed E-state index contributed by atoms with van der Waals surface area (Å²) in [7, 11) is 0. The lowest BCUT2D eigenvalue weighted by Crippen LogP contribution is -2.09. The van der Waals surface area contributed by atoms with Crippen LogP contribution in [0.4, 0.5) is 0 Å². The number of esters is 1. The van der Waals surface area contributed by atoms with Crippen molar-refractivity contribution >= 4 is 5.97 Å². The van der Waals surface area contributed by atoms with Crippen LogP contribution in [-0.2, 0) is 9.53 Å². The Morgan fingerprint density at radius 3 is 2.67 bits per heavy atom. The molecule has 0 aromatic carbocycles. The summed E-state index contributed by atoms with van der Waals surface area (Å²) in [5.41, 5.74) is 0. The van der Waals surface area contributed by atoms with Crippen LogP contribution in [0.3, 0.4) is 0 Å². The van der Waals surface area contributed by atoms with Crippen molar-refractivity contribution in [2.24, 2.45) is 5.92 Å². The van der Waals surface area contributed by atoms with Gasteiger partial charge in [-0.1, -0.05) is 26.0 Å². The Kier molecular flexibility index (Phi) is 9.24. The Labute approximate surface area is 93.7 Å². The monoisotopic (exact) mass is 212 g/mol. The van der Waals surface area contributed by atoms with E-state index in [1.165, 1.54) is 0 Å². The Morgan fingerprint density at radius 1 is 1.33 bits per heavy atom. The lowest BCUT2D eigenvalue weighted by Gasteiger charge is -2.09. The van der Waals surface area contributed by atoms with Crippen LogP contribution in [0.1, 0.15) is 52.9 Å². The fourth-order valence-electron chi connectivity index (χ4n) is 1.48. The van der Waals surface area contributed by atoms with Crippen molar-refractivity contribution in [1.29, 1.82) is 0 Å². The molecule has 0 aromatic rings. The summed E-state index contributed by atoms with van der Waals surface area (Å²) in [5, 5.41) is 0. The molecule has 0 aromatic heterocycles. The molecule has 0 radical (unpaired) electrons. The summed E-state index contributed by atoms with van der Waals surface area (Å²) in [4.78, 5) is 11.2. The summed E-state index contributed by atoms with van der Waals surface area (Å²) in [6.45, 7) is 6.59. The summed E-state index contributed by atoms with van der Waals surface area (Å²) in [6.07, 6.45) is 9.47. The van der Waals surface area contributed by atoms with Gasteiger partial charge in [-0.15, -0.1) is 0 Å². The van der Waals surface area contributed by atoms with Crippen LogP contribution in [0, 0.1) is 5.92 Å². The SMILES string of the molecule is CCC=CCCCC(C)CC(=O)OCC. The molecule has 0 aliphatic rings. The zero-order valence-corrected chi connectivity index (χ0v) is 10.3. The Balaban J connectivity index is 3.44. The van der Waals surface area contributed by atoms with Crippen LogP contribution >= 0.6 is 0 Å². The summed E-state index contributed by atoms with van der Waals surface area (Å²) in [5.74, 6) is 0.383. The predicted octanol–water partition coefficient (Wildman–Crippen LogP) is 3.71. The second-order valence-electron chi connectivity index (χ2n) is 3.92. The zero-order chi connectivity index (χ0) is 11.5. The van der Waals surface area contributed by atoms with Crippen molar-refractivity contribution < 1.29 is 9.53 Å². The topological polar surface area (TPSA) is 26.3 Å². The van der Waals surface area contributed by atoms with E-state index in [1.54, 1.807) is 0 Å². The first-order valence-electron chi connectivity index (χ1n) is 6.01. The molecule has 15 heavy (non-hydrogen) atoms. The number of ether oxygens (including phenoxy) is 1. The van der Waals surface area contributed by atoms with Crippen molar-refractivity contribution in [2.45, 2.75) is 52.9 Å². The summed E-state index contributed by atoms with van der Waals surface area (Å²) >= 11 is 0. The molecule has 1 unspecified atom stereocenters. The number of carbonyl (C=O) groups excluding carboxylic acids is 1. The molecule has 0 saturated carbocycles. The number of hydrogen-bond acceptors (Lipinski definition) is 2. The van der Waals surface area contributed by atoms with E-state index in [0.29, 0.717) is 18.9 Å². The molecule has 0 aliphatic carbocycles. The Bertz CT molecular complexity index is 185. The fraction of sp³-hybridized carbons (Fsp3) is 0.769. The van der Waals surface area contributed by atoms with Crippen LogP contribution in [0.2, 0.25) is 0 Å². The molecule has 88 valence electrons. The van der Waals surface area contributed by atoms with Gasteiger partial charge >= 0.3 is 5.97 Å². The highest BCUT2D eigenvalue weighted by Crippen LogP contribution is 2.13. The molecule has 0 rings (SSSR count). The standard InChI is InChI=1S/C13H24O2/c1-4-6-7-8-9-10-12(3)11-13(14)15-5-2/h6-7,12H,4-5,8-11H2,1-3H3. The normalized spacial score (nSPS) is 13.0. The molecule has 0 amide bonds. The van der Waals surface area contributed by atoms with E-state index in [0.717, 1.165) is 25.7 Å². The molecule has 0 saturated heterocycles. The van der Waals surface area contributed by atoms with E-state index < -0.39 is 0 Å². The maximum Gasteiger partial charge on any atom is 0.306 e. The Hall–Kier alpha value is -0.790. The molecule has 0 fully saturated rings. The average molecular weight is 212 g/mol. The van der Waals surface area contributed by atoms with Gasteiger partial charge in [-0.3, -0.25) is 4.79 Å². The molecule has 0 heterocycles. The molecular formula is C13H24O2. The summed E-state index contributed by atoms with van der Waals surface area (Å²) in [6, 6.07) is 0. The van der Waals surface area contributed by atoms with E-state index in [4.69, 9.17) is 4.74 Å². The van der Waals surface area contributed by atoms with Crippen LogP contribution in [0.25, 0.3) is 0 Å². The molecule has 2 heteroatoms. The fourth-order valence-corrected chi connectivity index (χ4v) is 1.48. The van der Waals surface area contributed by atoms with Crippen molar-refractivity contribution in [3.63, 3.8) is 0 Å². The molecular weight excluding hydrogens is 188 g/mol. The van der Waals surface area contributed by atoms with Crippen molar-refractivity contribution in [1.82, 2.24) is 0 Å². The van der Waals surface area contributed by atoms with Gasteiger partial charge in [-0.05, 0) is 38.5 Å². The minimum atomic E-state index is -0.0610. The first-order chi connectivity index (χ1) is 7.20. The maximum absolute atomic E-state index is 11.2. The second-order valence-corrected chi connectivity index (χ2v) is 3.92. The molecule has 1 atom stereocenters. The maximum atomic E-state index is 11.2. The summed E-state index contributed by atoms with van der Waals surface area (Å²) < 4.78 is 4.90. The van der Waals surface area contributed by atoms with Gasteiger partial charge in [0.2, 0.25) is 0 Å². The van der Waals surface area contributed by atoms with Gasteiger partial charge in [0.15, 0.2) is 0 Å². The van der Waals surface area contributed by atoms with Crippen molar-refractivity contribution in [3.05, 3.63) is 12.2 Å². The second kappa shape index (κ2) is 9.75. The van der Waals surface area contributed by atoms with E-state index >= 15 is 0 Å². The van der Waals surface area contributed by atoms with Crippen molar-refractivity contribution in [3.8, 4) is 0 Å². The minimum absolute atomic E-state index is 0.0610. The van der Waals surface area contributed by atoms with Crippen LogP contribution in [0.15, 0.2) is 12.2 Å². The predicted molar refractivity (Wildman–Crippen MR) is 63.7 cm³/mol. The number of allylic oxidation sites excluding steroid dienone is 2. The average Bonchev–Trinajstić information content (AvgIpc) is 2.17. The highest BCUT2D eigenvalue weighted by molar-refractivity contribution is 5.69. The Morgan fingerprint density at radius 2 is 2.07 bits per heavy atom.